The number of rotatable bonds is 9. The van der Waals surface area contributed by atoms with Gasteiger partial charge in [-0.2, -0.15) is 5.26 Å². The first kappa shape index (κ1) is 26.7. The SMILES string of the molecule is C=C(/C=C\C=NC)[C@@H]1C[C@@H](C(=O)N[C@H](C#N)C[C@@H]2CCNC2=O)N(C(=O)c2cc3c(OC)cccc3[nH]2)C1. The molecule has 3 N–H and O–H groups in total. The fraction of sp³-hybridized carbons (Fsp3) is 0.393. The smallest absolute Gasteiger partial charge is 0.271 e. The molecule has 2 aromatic rings. The molecular weight excluding hydrogens is 484 g/mol. The summed E-state index contributed by atoms with van der Waals surface area (Å²) in [5.41, 5.74) is 1.85. The molecule has 0 saturated carbocycles. The van der Waals surface area contributed by atoms with Gasteiger partial charge in [0.15, 0.2) is 0 Å². The molecule has 0 bridgehead atoms. The molecule has 0 aliphatic carbocycles. The van der Waals surface area contributed by atoms with Gasteiger partial charge in [0, 0.05) is 49.1 Å². The molecule has 1 aromatic carbocycles. The number of amides is 3. The normalized spacial score (nSPS) is 22.1. The lowest BCUT2D eigenvalue weighted by molar-refractivity contribution is -0.126. The lowest BCUT2D eigenvalue weighted by atomic mass is 9.96. The molecule has 2 aliphatic rings. The van der Waals surface area contributed by atoms with Gasteiger partial charge >= 0.3 is 0 Å². The van der Waals surface area contributed by atoms with Crippen molar-refractivity contribution in [1.82, 2.24) is 20.5 Å². The van der Waals surface area contributed by atoms with Crippen LogP contribution in [0.25, 0.3) is 10.9 Å². The largest absolute Gasteiger partial charge is 0.496 e. The Balaban J connectivity index is 1.57. The molecule has 4 atom stereocenters. The molecule has 3 heterocycles. The molecule has 1 aromatic heterocycles. The van der Waals surface area contributed by atoms with Gasteiger partial charge in [0.1, 0.15) is 23.5 Å². The highest BCUT2D eigenvalue weighted by Crippen LogP contribution is 2.32. The molecule has 4 rings (SSSR count). The number of nitrogens with one attached hydrogen (secondary N) is 3. The van der Waals surface area contributed by atoms with Gasteiger partial charge in [-0.1, -0.05) is 24.3 Å². The molecule has 2 aliphatic heterocycles. The van der Waals surface area contributed by atoms with Crippen molar-refractivity contribution in [3.8, 4) is 11.8 Å². The zero-order valence-corrected chi connectivity index (χ0v) is 21.6. The van der Waals surface area contributed by atoms with Gasteiger partial charge in [0.25, 0.3) is 5.91 Å². The predicted octanol–water partition coefficient (Wildman–Crippen LogP) is 2.35. The summed E-state index contributed by atoms with van der Waals surface area (Å²) in [5, 5.41) is 16.0. The number of methoxy groups -OCH3 is 1. The minimum absolute atomic E-state index is 0.106. The van der Waals surface area contributed by atoms with Crippen LogP contribution in [0.2, 0.25) is 0 Å². The van der Waals surface area contributed by atoms with Crippen molar-refractivity contribution in [3.63, 3.8) is 0 Å². The standard InChI is InChI=1S/C28H32N6O4/c1-17(6-5-10-30-2)19-13-24(27(36)32-20(15-29)12-18-9-11-31-26(18)35)34(16-19)28(37)23-14-21-22(33-23)7-4-8-25(21)38-3/h4-8,10,14,18-20,24,33H,1,9,11-13,16H2,2-3H3,(H,31,35)(H,32,36)/b6-5-,30-10?/t18-,19+,20-,24-/m0/s1. The van der Waals surface area contributed by atoms with E-state index >= 15 is 0 Å². The Kier molecular flexibility index (Phi) is 8.26. The van der Waals surface area contributed by atoms with Crippen molar-refractivity contribution in [2.24, 2.45) is 16.8 Å². The average molecular weight is 517 g/mol. The summed E-state index contributed by atoms with van der Waals surface area (Å²) in [6, 6.07) is 7.67. The maximum Gasteiger partial charge on any atom is 0.271 e. The number of aromatic nitrogens is 1. The lowest BCUT2D eigenvalue weighted by Gasteiger charge is -2.25. The Bertz CT molecular complexity index is 1340. The Morgan fingerprint density at radius 3 is 2.92 bits per heavy atom. The van der Waals surface area contributed by atoms with E-state index in [1.54, 1.807) is 32.5 Å². The highest BCUT2D eigenvalue weighted by atomic mass is 16.5. The molecular formula is C28H32N6O4. The third kappa shape index (κ3) is 5.62. The number of hydrogen-bond donors (Lipinski definition) is 3. The zero-order valence-electron chi connectivity index (χ0n) is 21.6. The van der Waals surface area contributed by atoms with Crippen LogP contribution in [0.15, 0.2) is 53.6 Å². The molecule has 0 radical (unpaired) electrons. The van der Waals surface area contributed by atoms with E-state index in [9.17, 15) is 19.6 Å². The van der Waals surface area contributed by atoms with Crippen molar-refractivity contribution in [3.05, 3.63) is 54.3 Å². The molecule has 38 heavy (non-hydrogen) atoms. The van der Waals surface area contributed by atoms with Crippen LogP contribution in [0, 0.1) is 23.2 Å². The van der Waals surface area contributed by atoms with Crippen molar-refractivity contribution in [2.75, 3.05) is 27.2 Å². The minimum Gasteiger partial charge on any atom is -0.496 e. The Hall–Kier alpha value is -4.39. The van der Waals surface area contributed by atoms with Crippen molar-refractivity contribution in [2.45, 2.75) is 31.3 Å². The summed E-state index contributed by atoms with van der Waals surface area (Å²) in [4.78, 5) is 47.8. The number of aliphatic imine (C=N–C) groups is 1. The van der Waals surface area contributed by atoms with Gasteiger partial charge in [0.05, 0.1) is 13.2 Å². The average Bonchev–Trinajstić information content (AvgIpc) is 3.66. The monoisotopic (exact) mass is 516 g/mol. The third-order valence-corrected chi connectivity index (χ3v) is 7.16. The van der Waals surface area contributed by atoms with Crippen LogP contribution in [0.5, 0.6) is 5.75 Å². The van der Waals surface area contributed by atoms with Crippen LogP contribution in [0.1, 0.15) is 29.8 Å². The first-order valence-electron chi connectivity index (χ1n) is 12.6. The number of ether oxygens (including phenoxy) is 1. The van der Waals surface area contributed by atoms with E-state index in [4.69, 9.17) is 4.74 Å². The topological polar surface area (TPSA) is 140 Å². The summed E-state index contributed by atoms with van der Waals surface area (Å²) in [6.45, 7) is 5.00. The maximum absolute atomic E-state index is 13.7. The van der Waals surface area contributed by atoms with Crippen LogP contribution in [-0.2, 0) is 9.59 Å². The number of hydrogen-bond acceptors (Lipinski definition) is 6. The second-order valence-corrected chi connectivity index (χ2v) is 9.55. The van der Waals surface area contributed by atoms with E-state index < -0.39 is 18.0 Å². The Morgan fingerprint density at radius 2 is 2.24 bits per heavy atom. The quantitative estimate of drug-likeness (QED) is 0.347. The molecule has 10 heteroatoms. The summed E-state index contributed by atoms with van der Waals surface area (Å²) in [6.07, 6.45) is 6.44. The number of benzene rings is 1. The lowest BCUT2D eigenvalue weighted by Crippen LogP contribution is -2.49. The van der Waals surface area contributed by atoms with E-state index in [1.165, 1.54) is 4.90 Å². The maximum atomic E-state index is 13.7. The van der Waals surface area contributed by atoms with Gasteiger partial charge in [-0.25, -0.2) is 0 Å². The first-order valence-corrected chi connectivity index (χ1v) is 12.6. The van der Waals surface area contributed by atoms with Gasteiger partial charge < -0.3 is 25.3 Å². The molecule has 198 valence electrons. The minimum atomic E-state index is -0.839. The number of carbonyl (C=O) groups excluding carboxylic acids is 3. The summed E-state index contributed by atoms with van der Waals surface area (Å²) in [7, 11) is 3.23. The molecule has 3 amide bonds. The molecule has 10 nitrogen and oxygen atoms in total. The van der Waals surface area contributed by atoms with Crippen LogP contribution >= 0.6 is 0 Å². The Morgan fingerprint density at radius 1 is 1.42 bits per heavy atom. The molecule has 0 unspecified atom stereocenters. The number of aromatic amines is 1. The first-order chi connectivity index (χ1) is 18.4. The van der Waals surface area contributed by atoms with E-state index in [-0.39, 0.29) is 36.6 Å². The fourth-order valence-corrected chi connectivity index (χ4v) is 5.11. The van der Waals surface area contributed by atoms with Gasteiger partial charge in [-0.05, 0) is 43.5 Å². The van der Waals surface area contributed by atoms with Gasteiger partial charge in [-0.3, -0.25) is 19.4 Å². The van der Waals surface area contributed by atoms with Crippen LogP contribution in [-0.4, -0.2) is 73.2 Å². The summed E-state index contributed by atoms with van der Waals surface area (Å²) in [5.74, 6) is -0.704. The van der Waals surface area contributed by atoms with Crippen molar-refractivity contribution in [1.29, 1.82) is 5.26 Å². The van der Waals surface area contributed by atoms with Gasteiger partial charge in [0.2, 0.25) is 11.8 Å². The number of nitriles is 1. The predicted molar refractivity (Wildman–Crippen MR) is 144 cm³/mol. The van der Waals surface area contributed by atoms with Gasteiger partial charge in [-0.15, -0.1) is 0 Å². The molecule has 0 spiro atoms. The van der Waals surface area contributed by atoms with Crippen LogP contribution < -0.4 is 15.4 Å². The fourth-order valence-electron chi connectivity index (χ4n) is 5.11. The Labute approximate surface area is 221 Å². The highest BCUT2D eigenvalue weighted by Gasteiger charge is 2.41. The second-order valence-electron chi connectivity index (χ2n) is 9.55. The van der Waals surface area contributed by atoms with Crippen LogP contribution in [0.4, 0.5) is 0 Å². The molecule has 2 fully saturated rings. The van der Waals surface area contributed by atoms with E-state index in [2.05, 4.69) is 33.3 Å². The second kappa shape index (κ2) is 11.8. The summed E-state index contributed by atoms with van der Waals surface area (Å²) < 4.78 is 5.42. The van der Waals surface area contributed by atoms with E-state index in [0.717, 1.165) is 16.5 Å². The number of carbonyl (C=O) groups is 3. The summed E-state index contributed by atoms with van der Waals surface area (Å²) >= 11 is 0. The van der Waals surface area contributed by atoms with Crippen molar-refractivity contribution < 1.29 is 19.1 Å². The van der Waals surface area contributed by atoms with Crippen LogP contribution in [0.3, 0.4) is 0 Å². The molecule has 2 saturated heterocycles. The number of H-pyrrole nitrogens is 1. The number of likely N-dealkylation sites (tertiary alicyclic amines) is 1. The van der Waals surface area contributed by atoms with Crippen molar-refractivity contribution >= 4 is 34.8 Å². The zero-order chi connectivity index (χ0) is 27.2. The highest BCUT2D eigenvalue weighted by molar-refractivity contribution is 6.02. The number of fused-ring (bicyclic) bond motifs is 1. The number of nitrogens with zero attached hydrogens (tertiary/aromatic N) is 3. The third-order valence-electron chi connectivity index (χ3n) is 7.16. The number of allylic oxidation sites excluding steroid dienone is 2. The van der Waals surface area contributed by atoms with E-state index in [0.29, 0.717) is 30.8 Å². The van der Waals surface area contributed by atoms with E-state index in [1.807, 2.05) is 24.3 Å².